The number of benzene rings is 1. The summed E-state index contributed by atoms with van der Waals surface area (Å²) in [6, 6.07) is 5.87. The number of thiol groups is 1. The van der Waals surface area contributed by atoms with E-state index < -0.39 is 0 Å². The molecule has 2 N–H and O–H groups in total. The molecule has 0 saturated carbocycles. The molecular formula is C18H26N2O4S. The first-order valence-electron chi connectivity index (χ1n) is 8.38. The van der Waals surface area contributed by atoms with E-state index >= 15 is 0 Å². The van der Waals surface area contributed by atoms with Crippen molar-refractivity contribution in [2.75, 3.05) is 27.5 Å². The van der Waals surface area contributed by atoms with Crippen molar-refractivity contribution < 1.29 is 19.0 Å². The first-order valence-corrected chi connectivity index (χ1v) is 8.83. The van der Waals surface area contributed by atoms with Crippen LogP contribution in [-0.4, -0.2) is 39.5 Å². The van der Waals surface area contributed by atoms with Gasteiger partial charge in [0, 0.05) is 13.1 Å². The summed E-state index contributed by atoms with van der Waals surface area (Å²) in [7, 11) is 3.71. The fourth-order valence-electron chi connectivity index (χ4n) is 2.78. The highest BCUT2D eigenvalue weighted by atomic mass is 32.1. The molecule has 0 saturated heterocycles. The van der Waals surface area contributed by atoms with Crippen molar-refractivity contribution in [2.24, 2.45) is 0 Å². The molecule has 0 fully saturated rings. The van der Waals surface area contributed by atoms with Crippen LogP contribution >= 0.6 is 12.6 Å². The van der Waals surface area contributed by atoms with Gasteiger partial charge in [0.25, 0.3) is 0 Å². The number of carbonyl (C=O) groups is 1. The van der Waals surface area contributed by atoms with Gasteiger partial charge in [0.05, 0.1) is 18.1 Å². The second-order valence-corrected chi connectivity index (χ2v) is 6.23. The molecule has 138 valence electrons. The predicted octanol–water partition coefficient (Wildman–Crippen LogP) is 2.42. The van der Waals surface area contributed by atoms with Gasteiger partial charge >= 0.3 is 5.97 Å². The zero-order valence-corrected chi connectivity index (χ0v) is 15.8. The Kier molecular flexibility index (Phi) is 7.46. The zero-order valence-electron chi connectivity index (χ0n) is 14.9. The Hall–Kier alpha value is -1.86. The summed E-state index contributed by atoms with van der Waals surface area (Å²) in [6.07, 6.45) is 3.02. The number of fused-ring (bicyclic) bond motifs is 1. The maximum absolute atomic E-state index is 12.1. The zero-order chi connectivity index (χ0) is 18.2. The van der Waals surface area contributed by atoms with Crippen LogP contribution in [0.1, 0.15) is 31.2 Å². The van der Waals surface area contributed by atoms with E-state index in [2.05, 4.69) is 23.3 Å². The van der Waals surface area contributed by atoms with Crippen LogP contribution in [0.2, 0.25) is 0 Å². The standard InChI is InChI=1S/C18H26N2O4S/c1-4-22-18(21)9-13(7-14(19-2)10-17(25)20-3)12-5-6-15-16(8-12)24-11-23-15/h5-6,8,10,13-14,19-20,25H,4,7,9,11H2,1-3H3/b17-10+. The third kappa shape index (κ3) is 5.57. The van der Waals surface area contributed by atoms with Crippen LogP contribution in [0.5, 0.6) is 11.5 Å². The van der Waals surface area contributed by atoms with Crippen molar-refractivity contribution in [3.05, 3.63) is 34.9 Å². The van der Waals surface area contributed by atoms with E-state index in [1.54, 1.807) is 0 Å². The SMILES string of the molecule is CCOC(=O)CC(CC(/C=C(/S)NC)NC)c1ccc2c(c1)OCO2. The highest BCUT2D eigenvalue weighted by Gasteiger charge is 2.23. The van der Waals surface area contributed by atoms with Crippen molar-refractivity contribution in [3.63, 3.8) is 0 Å². The Labute approximate surface area is 154 Å². The van der Waals surface area contributed by atoms with Gasteiger partial charge in [0.1, 0.15) is 0 Å². The Morgan fingerprint density at radius 3 is 2.80 bits per heavy atom. The van der Waals surface area contributed by atoms with Gasteiger partial charge in [-0.25, -0.2) is 0 Å². The third-order valence-electron chi connectivity index (χ3n) is 4.11. The molecule has 6 nitrogen and oxygen atoms in total. The molecule has 0 radical (unpaired) electrons. The van der Waals surface area contributed by atoms with Crippen molar-refractivity contribution in [3.8, 4) is 11.5 Å². The first kappa shape index (κ1) is 19.5. The number of carbonyl (C=O) groups excluding carboxylic acids is 1. The second kappa shape index (κ2) is 9.58. The summed E-state index contributed by atoms with van der Waals surface area (Å²) in [4.78, 5) is 12.1. The lowest BCUT2D eigenvalue weighted by Crippen LogP contribution is -2.27. The quantitative estimate of drug-likeness (QED) is 0.461. The number of hydrogen-bond donors (Lipinski definition) is 3. The summed E-state index contributed by atoms with van der Waals surface area (Å²) in [6.45, 7) is 2.42. The van der Waals surface area contributed by atoms with Crippen LogP contribution in [0.3, 0.4) is 0 Å². The summed E-state index contributed by atoms with van der Waals surface area (Å²) >= 11 is 4.37. The van der Waals surface area contributed by atoms with Gasteiger partial charge in [-0.2, -0.15) is 0 Å². The molecule has 1 aromatic carbocycles. The number of ether oxygens (including phenoxy) is 3. The molecule has 2 unspecified atom stereocenters. The van der Waals surface area contributed by atoms with Gasteiger partial charge in [-0.05, 0) is 50.1 Å². The summed E-state index contributed by atoms with van der Waals surface area (Å²) in [5.74, 6) is 1.23. The minimum absolute atomic E-state index is 0.0137. The average molecular weight is 366 g/mol. The van der Waals surface area contributed by atoms with E-state index in [1.165, 1.54) is 0 Å². The molecule has 25 heavy (non-hydrogen) atoms. The minimum Gasteiger partial charge on any atom is -0.466 e. The monoisotopic (exact) mass is 366 g/mol. The number of rotatable bonds is 9. The van der Waals surface area contributed by atoms with Crippen molar-refractivity contribution in [1.82, 2.24) is 10.6 Å². The largest absolute Gasteiger partial charge is 0.466 e. The summed E-state index contributed by atoms with van der Waals surface area (Å²) in [5, 5.41) is 7.02. The number of likely N-dealkylation sites (N-methyl/N-ethyl adjacent to an activating group) is 1. The lowest BCUT2D eigenvalue weighted by molar-refractivity contribution is -0.143. The normalized spacial score (nSPS) is 15.6. The summed E-state index contributed by atoms with van der Waals surface area (Å²) in [5.41, 5.74) is 1.02. The molecule has 0 aromatic heterocycles. The molecule has 2 rings (SSSR count). The molecule has 0 bridgehead atoms. The summed E-state index contributed by atoms with van der Waals surface area (Å²) < 4.78 is 16.0. The van der Waals surface area contributed by atoms with Crippen molar-refractivity contribution in [1.29, 1.82) is 0 Å². The van der Waals surface area contributed by atoms with Crippen LogP contribution in [-0.2, 0) is 9.53 Å². The molecule has 1 aliphatic heterocycles. The van der Waals surface area contributed by atoms with E-state index in [-0.39, 0.29) is 24.7 Å². The highest BCUT2D eigenvalue weighted by Crippen LogP contribution is 2.37. The predicted molar refractivity (Wildman–Crippen MR) is 100 cm³/mol. The Balaban J connectivity index is 2.21. The Morgan fingerprint density at radius 2 is 2.12 bits per heavy atom. The Morgan fingerprint density at radius 1 is 1.36 bits per heavy atom. The van der Waals surface area contributed by atoms with E-state index in [1.807, 2.05) is 45.3 Å². The molecular weight excluding hydrogens is 340 g/mol. The van der Waals surface area contributed by atoms with Crippen molar-refractivity contribution >= 4 is 18.6 Å². The van der Waals surface area contributed by atoms with Gasteiger partial charge in [-0.15, -0.1) is 12.6 Å². The van der Waals surface area contributed by atoms with E-state index in [9.17, 15) is 4.79 Å². The first-order chi connectivity index (χ1) is 12.1. The second-order valence-electron chi connectivity index (χ2n) is 5.75. The lowest BCUT2D eigenvalue weighted by atomic mass is 9.89. The van der Waals surface area contributed by atoms with E-state index in [0.29, 0.717) is 18.8 Å². The molecule has 0 aliphatic carbocycles. The number of nitrogens with one attached hydrogen (secondary N) is 2. The maximum atomic E-state index is 12.1. The molecule has 1 aromatic rings. The van der Waals surface area contributed by atoms with Crippen LogP contribution < -0.4 is 20.1 Å². The molecule has 0 spiro atoms. The van der Waals surface area contributed by atoms with E-state index in [0.717, 1.165) is 22.8 Å². The van der Waals surface area contributed by atoms with E-state index in [4.69, 9.17) is 14.2 Å². The van der Waals surface area contributed by atoms with Crippen LogP contribution in [0, 0.1) is 0 Å². The van der Waals surface area contributed by atoms with Gasteiger partial charge in [-0.1, -0.05) is 6.07 Å². The molecule has 2 atom stereocenters. The number of esters is 1. The molecule has 1 aliphatic rings. The van der Waals surface area contributed by atoms with Gasteiger partial charge in [0.15, 0.2) is 11.5 Å². The van der Waals surface area contributed by atoms with Gasteiger partial charge < -0.3 is 24.8 Å². The average Bonchev–Trinajstić information content (AvgIpc) is 3.08. The van der Waals surface area contributed by atoms with Gasteiger partial charge in [0.2, 0.25) is 6.79 Å². The lowest BCUT2D eigenvalue weighted by Gasteiger charge is -2.22. The minimum atomic E-state index is -0.205. The smallest absolute Gasteiger partial charge is 0.306 e. The maximum Gasteiger partial charge on any atom is 0.306 e. The fourth-order valence-corrected chi connectivity index (χ4v) is 2.96. The molecule has 7 heteroatoms. The topological polar surface area (TPSA) is 68.8 Å². The highest BCUT2D eigenvalue weighted by molar-refractivity contribution is 7.84. The van der Waals surface area contributed by atoms with Crippen LogP contribution in [0.25, 0.3) is 0 Å². The third-order valence-corrected chi connectivity index (χ3v) is 4.48. The van der Waals surface area contributed by atoms with Gasteiger partial charge in [-0.3, -0.25) is 4.79 Å². The van der Waals surface area contributed by atoms with Crippen LogP contribution in [0.4, 0.5) is 0 Å². The molecule has 0 amide bonds. The van der Waals surface area contributed by atoms with Crippen LogP contribution in [0.15, 0.2) is 29.3 Å². The Bertz CT molecular complexity index is 621. The molecule has 1 heterocycles. The number of hydrogen-bond acceptors (Lipinski definition) is 7. The van der Waals surface area contributed by atoms with Crippen molar-refractivity contribution in [2.45, 2.75) is 31.7 Å². The fraction of sp³-hybridized carbons (Fsp3) is 0.500.